The van der Waals surface area contributed by atoms with Crippen LogP contribution in [-0.4, -0.2) is 101 Å². The van der Waals surface area contributed by atoms with Gasteiger partial charge in [0.25, 0.3) is 17.7 Å². The van der Waals surface area contributed by atoms with Crippen molar-refractivity contribution in [2.75, 3.05) is 59.5 Å². The highest BCUT2D eigenvalue weighted by Crippen LogP contribution is 2.37. The minimum absolute atomic E-state index is 0.0684. The molecule has 1 heterocycles. The molecule has 0 atom stereocenters. The molecule has 0 bridgehead atoms. The Hall–Kier alpha value is -9.64. The Morgan fingerprint density at radius 2 is 0.496 bits per heavy atom. The number of hydrogen-bond donors (Lipinski definition) is 3. The van der Waals surface area contributed by atoms with Gasteiger partial charge in [0.15, 0.2) is 54.3 Å². The number of nitrogens with one attached hydrogen (secondary N) is 3. The number of pyridine rings is 1. The van der Waals surface area contributed by atoms with Gasteiger partial charge in [-0.2, -0.15) is 20.6 Å². The molecular weight excluding hydrogens is 1710 g/mol. The number of hydrogen-bond acceptors (Lipinski definition) is 17. The Labute approximate surface area is 828 Å². The molecule has 0 aliphatic heterocycles. The number of nitrogens with zero attached hydrogens (tertiary/aromatic N) is 5. The lowest BCUT2D eigenvalue weighted by molar-refractivity contribution is -0.123. The average molecular weight is 1890 g/mol. The molecule has 0 spiro atoms. The van der Waals surface area contributed by atoms with Crippen LogP contribution in [0.5, 0.6) is 51.9 Å². The quantitative estimate of drug-likeness (QED) is 0.0183. The highest BCUT2D eigenvalue weighted by atomic mass is 16.5. The lowest BCUT2D eigenvalue weighted by Gasteiger charge is -2.14. The fourth-order valence-corrected chi connectivity index (χ4v) is 16.8. The van der Waals surface area contributed by atoms with Crippen molar-refractivity contribution in [1.82, 2.24) is 21.3 Å². The van der Waals surface area contributed by atoms with Gasteiger partial charge >= 0.3 is 0 Å². The molecule has 20 nitrogen and oxygen atoms in total. The van der Waals surface area contributed by atoms with Crippen LogP contribution in [0.2, 0.25) is 0 Å². The highest BCUT2D eigenvalue weighted by Gasteiger charge is 2.21. The second-order valence-electron chi connectivity index (χ2n) is 37.4. The number of aromatic nitrogens is 1. The number of benzene rings is 5. The Bertz CT molecular complexity index is 4200. The number of hydrazone groups is 3. The van der Waals surface area contributed by atoms with E-state index >= 15 is 0 Å². The molecule has 0 unspecified atom stereocenters. The molecule has 760 valence electrons. The SMILES string of the molecule is CCCCCCCCCCCCOc1ccc(/C=N/NC(=O)COc2ccc(-c3cc(-c4ccc(OCC(=O)N/N=C/c5ccc(OCCCCCCCCCCCC)c(OCCCCCCCCCCCC)c5)cc4)c(C#N)c(OCC(=O)N/N=C/c4ccc(OCCCCCCCCCCCC)c(OCCCCCCCCCCCC)c4)n3)cc2)cc1OCCCCCCCCCCCC. The normalized spacial score (nSPS) is 11.4. The van der Waals surface area contributed by atoms with E-state index in [1.54, 1.807) is 73.2 Å². The van der Waals surface area contributed by atoms with Crippen LogP contribution in [0.1, 0.15) is 449 Å². The summed E-state index contributed by atoms with van der Waals surface area (Å²) in [6, 6.07) is 35.2. The molecule has 6 rings (SSSR count). The van der Waals surface area contributed by atoms with E-state index in [0.29, 0.717) is 114 Å². The maximum atomic E-state index is 13.8. The van der Waals surface area contributed by atoms with Crippen LogP contribution in [0, 0.1) is 11.3 Å². The molecule has 0 aliphatic carbocycles. The average Bonchev–Trinajstić information content (AvgIpc) is 0.786. The van der Waals surface area contributed by atoms with Crippen molar-refractivity contribution in [3.05, 3.63) is 131 Å². The largest absolute Gasteiger partial charge is 0.490 e. The Balaban J connectivity index is 1.13. The second-order valence-corrected chi connectivity index (χ2v) is 37.4. The maximum absolute atomic E-state index is 13.8. The highest BCUT2D eigenvalue weighted by molar-refractivity contribution is 5.86. The first-order chi connectivity index (χ1) is 67.6. The Morgan fingerprint density at radius 1 is 0.270 bits per heavy atom. The lowest BCUT2D eigenvalue weighted by Crippen LogP contribution is -2.25. The van der Waals surface area contributed by atoms with Crippen LogP contribution in [0.15, 0.2) is 124 Å². The molecule has 137 heavy (non-hydrogen) atoms. The van der Waals surface area contributed by atoms with Gasteiger partial charge in [-0.25, -0.2) is 21.3 Å². The number of nitriles is 1. The van der Waals surface area contributed by atoms with Crippen molar-refractivity contribution in [2.24, 2.45) is 15.3 Å². The first kappa shape index (κ1) is 116. The second kappa shape index (κ2) is 80.2. The molecule has 20 heteroatoms. The van der Waals surface area contributed by atoms with Gasteiger partial charge in [-0.1, -0.05) is 400 Å². The molecule has 0 saturated carbocycles. The van der Waals surface area contributed by atoms with E-state index in [-0.39, 0.29) is 24.7 Å². The standard InChI is InChI=1S/C117H180N8O12/c1-7-13-19-25-31-37-43-49-55-61-81-129-108-78-67-98(87-111(108)132-84-64-58-52-46-40-34-28-22-16-10-4)92-119-123-114(126)95-135-103-74-70-101(71-75-103)105-90-107(122-117(106(105)91-118)137-97-116(128)125-121-94-100-69-80-110(131-83-63-57-51-45-39-33-27-21-15-9-3)113(89-100)134-86-66-60-54-48-42-36-30-24-18-12-6)102-72-76-104(77-73-102)136-96-115(127)124-120-93-99-68-79-109(130-82-62-56-50-44-38-32-26-20-14-8-2)112(88-99)133-85-65-59-53-47-41-35-29-23-17-11-5/h67-80,87-90,92-94H,7-66,81-86,95-97H2,1-6H3,(H,123,126)(H,124,127)(H,125,128)/b119-92+,120-93+,121-94+. The maximum Gasteiger partial charge on any atom is 0.278 e. The molecular formula is C117H180N8O12. The molecule has 0 aliphatic rings. The van der Waals surface area contributed by atoms with E-state index < -0.39 is 24.3 Å². The number of unbranched alkanes of at least 4 members (excludes halogenated alkanes) is 54. The van der Waals surface area contributed by atoms with Gasteiger partial charge in [-0.3, -0.25) is 14.4 Å². The summed E-state index contributed by atoms with van der Waals surface area (Å²) in [7, 11) is 0. The topological polar surface area (TPSA) is 244 Å². The molecule has 3 amide bonds. The third kappa shape index (κ3) is 56.3. The van der Waals surface area contributed by atoms with Crippen molar-refractivity contribution >= 4 is 36.4 Å². The molecule has 0 fully saturated rings. The van der Waals surface area contributed by atoms with Crippen LogP contribution in [0.4, 0.5) is 0 Å². The van der Waals surface area contributed by atoms with Gasteiger partial charge in [0.2, 0.25) is 5.88 Å². The summed E-state index contributed by atoms with van der Waals surface area (Å²) in [6.45, 7) is 15.9. The zero-order valence-corrected chi connectivity index (χ0v) is 86.0. The van der Waals surface area contributed by atoms with Crippen molar-refractivity contribution in [3.8, 4) is 80.3 Å². The van der Waals surface area contributed by atoms with Crippen molar-refractivity contribution in [3.63, 3.8) is 0 Å². The van der Waals surface area contributed by atoms with Gasteiger partial charge in [-0.15, -0.1) is 0 Å². The van der Waals surface area contributed by atoms with E-state index in [4.69, 9.17) is 47.6 Å². The van der Waals surface area contributed by atoms with E-state index in [1.807, 2.05) is 54.6 Å². The lowest BCUT2D eigenvalue weighted by atomic mass is 9.98. The minimum atomic E-state index is -0.592. The monoisotopic (exact) mass is 1890 g/mol. The number of amides is 3. The molecule has 5 aromatic carbocycles. The van der Waals surface area contributed by atoms with Gasteiger partial charge < -0.3 is 42.6 Å². The number of carbonyl (C=O) groups is 3. The van der Waals surface area contributed by atoms with Gasteiger partial charge in [0.1, 0.15) is 23.1 Å². The minimum Gasteiger partial charge on any atom is -0.490 e. The van der Waals surface area contributed by atoms with Crippen LogP contribution in [0.3, 0.4) is 0 Å². The fourth-order valence-electron chi connectivity index (χ4n) is 16.8. The summed E-state index contributed by atoms with van der Waals surface area (Å²) in [5, 5.41) is 23.9. The smallest absolute Gasteiger partial charge is 0.278 e. The summed E-state index contributed by atoms with van der Waals surface area (Å²) in [5.74, 6) is 3.22. The van der Waals surface area contributed by atoms with Crippen LogP contribution < -0.4 is 58.9 Å². The predicted molar refractivity (Wildman–Crippen MR) is 567 cm³/mol. The molecule has 3 N–H and O–H groups in total. The zero-order chi connectivity index (χ0) is 97.2. The summed E-state index contributed by atoms with van der Waals surface area (Å²) in [6.07, 6.45) is 79.2. The first-order valence-electron chi connectivity index (χ1n) is 54.8. The zero-order valence-electron chi connectivity index (χ0n) is 86.0. The van der Waals surface area contributed by atoms with Crippen molar-refractivity contribution < 1.29 is 57.0 Å². The molecule has 0 radical (unpaired) electrons. The van der Waals surface area contributed by atoms with Gasteiger partial charge in [0, 0.05) is 11.1 Å². The fraction of sp³-hybridized carbons (Fsp3) is 0.641. The van der Waals surface area contributed by atoms with Crippen LogP contribution >= 0.6 is 0 Å². The summed E-state index contributed by atoms with van der Waals surface area (Å²) in [5.41, 5.74) is 12.1. The molecule has 1 aromatic heterocycles. The predicted octanol–water partition coefficient (Wildman–Crippen LogP) is 31.7. The molecule has 6 aromatic rings. The van der Waals surface area contributed by atoms with E-state index in [1.165, 1.54) is 308 Å². The van der Waals surface area contributed by atoms with E-state index in [2.05, 4.69) is 79.2 Å². The van der Waals surface area contributed by atoms with Gasteiger partial charge in [0.05, 0.1) is 64.0 Å². The Kier molecular flexibility index (Phi) is 67.9. The third-order valence-corrected chi connectivity index (χ3v) is 25.1. The van der Waals surface area contributed by atoms with Crippen molar-refractivity contribution in [1.29, 1.82) is 5.26 Å². The van der Waals surface area contributed by atoms with E-state index in [0.717, 1.165) is 88.2 Å². The van der Waals surface area contributed by atoms with Gasteiger partial charge in [-0.05, 0) is 158 Å². The van der Waals surface area contributed by atoms with Crippen LogP contribution in [-0.2, 0) is 14.4 Å². The summed E-state index contributed by atoms with van der Waals surface area (Å²) < 4.78 is 56.4. The Morgan fingerprint density at radius 3 is 0.745 bits per heavy atom. The number of carbonyl (C=O) groups excluding carboxylic acids is 3. The van der Waals surface area contributed by atoms with Crippen molar-refractivity contribution in [2.45, 2.75) is 427 Å². The first-order valence-corrected chi connectivity index (χ1v) is 54.8. The molecule has 0 saturated heterocycles. The summed E-state index contributed by atoms with van der Waals surface area (Å²) >= 11 is 0. The summed E-state index contributed by atoms with van der Waals surface area (Å²) in [4.78, 5) is 45.3. The number of rotatable bonds is 89. The van der Waals surface area contributed by atoms with Crippen LogP contribution in [0.25, 0.3) is 22.4 Å². The third-order valence-electron chi connectivity index (χ3n) is 25.1. The van der Waals surface area contributed by atoms with E-state index in [9.17, 15) is 19.6 Å². The number of ether oxygens (including phenoxy) is 9.